The van der Waals surface area contributed by atoms with Gasteiger partial charge >= 0.3 is 0 Å². The Bertz CT molecular complexity index is 568. The lowest BCUT2D eigenvalue weighted by Crippen LogP contribution is -2.35. The molecule has 0 saturated carbocycles. The van der Waals surface area contributed by atoms with Crippen LogP contribution in [0.5, 0.6) is 0 Å². The van der Waals surface area contributed by atoms with E-state index in [0.717, 1.165) is 17.9 Å². The normalized spacial score (nSPS) is 12.1. The van der Waals surface area contributed by atoms with Gasteiger partial charge in [-0.25, -0.2) is 0 Å². The average molecular weight is 285 g/mol. The number of carbonyl (C=O) groups is 1. The summed E-state index contributed by atoms with van der Waals surface area (Å²) in [5.74, 6) is 0.106. The summed E-state index contributed by atoms with van der Waals surface area (Å²) in [6.45, 7) is 2.69. The molecule has 2 aromatic rings. The molecule has 1 atom stereocenters. The third kappa shape index (κ3) is 4.22. The summed E-state index contributed by atoms with van der Waals surface area (Å²) >= 11 is 4.26. The summed E-state index contributed by atoms with van der Waals surface area (Å²) < 4.78 is 0. The molecule has 0 fully saturated rings. The molecular formula is C17H19NOS. The highest BCUT2D eigenvalue weighted by Crippen LogP contribution is 2.11. The van der Waals surface area contributed by atoms with Crippen LogP contribution in [0.25, 0.3) is 0 Å². The largest absolute Gasteiger partial charge is 0.307 e. The van der Waals surface area contributed by atoms with Gasteiger partial charge in [0.05, 0.1) is 6.04 Å². The number of hydrogen-bond donors (Lipinski definition) is 2. The maximum Gasteiger partial charge on any atom is 0.179 e. The van der Waals surface area contributed by atoms with Gasteiger partial charge < -0.3 is 5.32 Å². The van der Waals surface area contributed by atoms with E-state index in [4.69, 9.17) is 0 Å². The number of nitrogens with one attached hydrogen (secondary N) is 1. The molecule has 0 heterocycles. The van der Waals surface area contributed by atoms with E-state index >= 15 is 0 Å². The lowest BCUT2D eigenvalue weighted by molar-refractivity contribution is 0.0951. The van der Waals surface area contributed by atoms with Crippen LogP contribution in [0.4, 0.5) is 0 Å². The topological polar surface area (TPSA) is 29.1 Å². The van der Waals surface area contributed by atoms with Gasteiger partial charge in [0.2, 0.25) is 0 Å². The molecule has 0 aliphatic heterocycles. The van der Waals surface area contributed by atoms with E-state index in [2.05, 4.69) is 30.1 Å². The van der Waals surface area contributed by atoms with Crippen molar-refractivity contribution in [1.29, 1.82) is 0 Å². The molecule has 0 amide bonds. The fraction of sp³-hybridized carbons (Fsp3) is 0.235. The molecule has 2 nitrogen and oxygen atoms in total. The van der Waals surface area contributed by atoms with E-state index in [9.17, 15) is 4.79 Å². The highest BCUT2D eigenvalue weighted by atomic mass is 32.1. The summed E-state index contributed by atoms with van der Waals surface area (Å²) in [5.41, 5.74) is 1.98. The highest BCUT2D eigenvalue weighted by Gasteiger charge is 2.14. The molecule has 3 heteroatoms. The summed E-state index contributed by atoms with van der Waals surface area (Å²) in [6, 6.07) is 17.4. The average Bonchev–Trinajstić information content (AvgIpc) is 2.47. The number of Topliss-reactive ketones (excluding diaryl/α,β-unsaturated/α-hetero) is 1. The van der Waals surface area contributed by atoms with E-state index in [1.54, 1.807) is 6.07 Å². The molecule has 1 unspecified atom stereocenters. The van der Waals surface area contributed by atoms with Crippen molar-refractivity contribution in [2.45, 2.75) is 24.3 Å². The Balaban J connectivity index is 1.85. The van der Waals surface area contributed by atoms with Crippen LogP contribution in [0.2, 0.25) is 0 Å². The van der Waals surface area contributed by atoms with E-state index in [-0.39, 0.29) is 11.8 Å². The van der Waals surface area contributed by atoms with Crippen molar-refractivity contribution in [3.05, 3.63) is 65.7 Å². The van der Waals surface area contributed by atoms with Crippen LogP contribution in [0.15, 0.2) is 59.5 Å². The molecule has 0 aliphatic rings. The fourth-order valence-corrected chi connectivity index (χ4v) is 2.30. The molecule has 0 aromatic heterocycles. The summed E-state index contributed by atoms with van der Waals surface area (Å²) in [5, 5.41) is 3.27. The maximum atomic E-state index is 12.2. The van der Waals surface area contributed by atoms with E-state index in [0.29, 0.717) is 5.56 Å². The van der Waals surface area contributed by atoms with Crippen LogP contribution in [0.3, 0.4) is 0 Å². The van der Waals surface area contributed by atoms with Crippen molar-refractivity contribution in [3.8, 4) is 0 Å². The molecule has 0 bridgehead atoms. The summed E-state index contributed by atoms with van der Waals surface area (Å²) in [6.07, 6.45) is 0.922. The van der Waals surface area contributed by atoms with Crippen LogP contribution in [-0.4, -0.2) is 18.4 Å². The number of thiol groups is 1. The van der Waals surface area contributed by atoms with E-state index in [1.165, 1.54) is 5.56 Å². The van der Waals surface area contributed by atoms with Gasteiger partial charge in [-0.2, -0.15) is 0 Å². The first-order valence-electron chi connectivity index (χ1n) is 6.77. The van der Waals surface area contributed by atoms with Crippen molar-refractivity contribution < 1.29 is 4.79 Å². The molecule has 1 N–H and O–H groups in total. The minimum absolute atomic E-state index is 0.106. The molecule has 0 aliphatic carbocycles. The lowest BCUT2D eigenvalue weighted by atomic mass is 10.1. The van der Waals surface area contributed by atoms with Crippen molar-refractivity contribution >= 4 is 18.4 Å². The number of hydrogen-bond acceptors (Lipinski definition) is 3. The molecule has 0 spiro atoms. The third-order valence-electron chi connectivity index (χ3n) is 3.23. The van der Waals surface area contributed by atoms with Gasteiger partial charge in [-0.1, -0.05) is 42.5 Å². The van der Waals surface area contributed by atoms with E-state index < -0.39 is 0 Å². The number of carbonyl (C=O) groups excluding carboxylic acids is 1. The smallest absolute Gasteiger partial charge is 0.179 e. The number of benzene rings is 2. The van der Waals surface area contributed by atoms with Gasteiger partial charge in [0.15, 0.2) is 5.78 Å². The molecule has 2 rings (SSSR count). The van der Waals surface area contributed by atoms with Crippen LogP contribution < -0.4 is 5.32 Å². The van der Waals surface area contributed by atoms with Gasteiger partial charge in [-0.15, -0.1) is 12.6 Å². The Morgan fingerprint density at radius 1 is 1.15 bits per heavy atom. The second-order valence-corrected chi connectivity index (χ2v) is 5.34. The van der Waals surface area contributed by atoms with Crippen molar-refractivity contribution in [1.82, 2.24) is 5.32 Å². The zero-order chi connectivity index (χ0) is 14.4. The minimum Gasteiger partial charge on any atom is -0.307 e. The van der Waals surface area contributed by atoms with Gasteiger partial charge in [0.1, 0.15) is 0 Å². The van der Waals surface area contributed by atoms with Gasteiger partial charge in [-0.05, 0) is 37.6 Å². The second-order valence-electron chi connectivity index (χ2n) is 4.83. The number of ketones is 1. The first-order chi connectivity index (χ1) is 9.66. The zero-order valence-corrected chi connectivity index (χ0v) is 12.4. The second kappa shape index (κ2) is 7.27. The molecule has 2 aromatic carbocycles. The Labute approximate surface area is 125 Å². The standard InChI is InChI=1S/C17H19NOS/c1-13(17(19)15-8-5-9-16(20)12-15)18-11-10-14-6-3-2-4-7-14/h2-9,12-13,18,20H,10-11H2,1H3. The quantitative estimate of drug-likeness (QED) is 0.629. The molecule has 20 heavy (non-hydrogen) atoms. The highest BCUT2D eigenvalue weighted by molar-refractivity contribution is 7.80. The Kier molecular flexibility index (Phi) is 5.39. The van der Waals surface area contributed by atoms with Crippen molar-refractivity contribution in [3.63, 3.8) is 0 Å². The zero-order valence-electron chi connectivity index (χ0n) is 11.5. The van der Waals surface area contributed by atoms with Crippen LogP contribution in [-0.2, 0) is 6.42 Å². The van der Waals surface area contributed by atoms with Gasteiger partial charge in [0, 0.05) is 10.5 Å². The Morgan fingerprint density at radius 2 is 1.90 bits per heavy atom. The van der Waals surface area contributed by atoms with Crippen LogP contribution in [0, 0.1) is 0 Å². The monoisotopic (exact) mass is 285 g/mol. The minimum atomic E-state index is -0.186. The van der Waals surface area contributed by atoms with Gasteiger partial charge in [0.25, 0.3) is 0 Å². The molecule has 0 saturated heterocycles. The maximum absolute atomic E-state index is 12.2. The first kappa shape index (κ1) is 14.8. The molecule has 104 valence electrons. The predicted molar refractivity (Wildman–Crippen MR) is 85.6 cm³/mol. The Hall–Kier alpha value is -1.58. The van der Waals surface area contributed by atoms with Crippen molar-refractivity contribution in [2.75, 3.05) is 6.54 Å². The third-order valence-corrected chi connectivity index (χ3v) is 3.51. The number of rotatable bonds is 6. The van der Waals surface area contributed by atoms with Crippen LogP contribution >= 0.6 is 12.6 Å². The van der Waals surface area contributed by atoms with Crippen LogP contribution in [0.1, 0.15) is 22.8 Å². The fourth-order valence-electron chi connectivity index (χ4n) is 2.08. The molecule has 0 radical (unpaired) electrons. The van der Waals surface area contributed by atoms with Gasteiger partial charge in [-0.3, -0.25) is 4.79 Å². The summed E-state index contributed by atoms with van der Waals surface area (Å²) in [7, 11) is 0. The Morgan fingerprint density at radius 3 is 2.60 bits per heavy atom. The molecular weight excluding hydrogens is 266 g/mol. The van der Waals surface area contributed by atoms with E-state index in [1.807, 2.05) is 43.3 Å². The summed E-state index contributed by atoms with van der Waals surface area (Å²) in [4.78, 5) is 13.1. The van der Waals surface area contributed by atoms with Crippen molar-refractivity contribution in [2.24, 2.45) is 0 Å². The lowest BCUT2D eigenvalue weighted by Gasteiger charge is -2.13. The SMILES string of the molecule is CC(NCCc1ccccc1)C(=O)c1cccc(S)c1. The predicted octanol–water partition coefficient (Wildman–Crippen LogP) is 3.38. The first-order valence-corrected chi connectivity index (χ1v) is 7.22.